The van der Waals surface area contributed by atoms with Crippen molar-refractivity contribution in [2.45, 2.75) is 18.7 Å². The van der Waals surface area contributed by atoms with Gasteiger partial charge < -0.3 is 9.64 Å². The second-order valence-corrected chi connectivity index (χ2v) is 8.27. The summed E-state index contributed by atoms with van der Waals surface area (Å²) in [7, 11) is -1.89. The first-order chi connectivity index (χ1) is 11.9. The highest BCUT2D eigenvalue weighted by Gasteiger charge is 2.28. The summed E-state index contributed by atoms with van der Waals surface area (Å²) in [6.45, 7) is 6.56. The van der Waals surface area contributed by atoms with Crippen LogP contribution in [0.4, 0.5) is 5.69 Å². The molecule has 1 fully saturated rings. The van der Waals surface area contributed by atoms with E-state index in [-0.39, 0.29) is 0 Å². The predicted octanol–water partition coefficient (Wildman–Crippen LogP) is 2.82. The van der Waals surface area contributed by atoms with E-state index in [2.05, 4.69) is 36.9 Å². The van der Waals surface area contributed by atoms with E-state index in [1.165, 1.54) is 11.1 Å². The fraction of sp³-hybridized carbons (Fsp3) is 0.368. The maximum atomic E-state index is 12.8. The molecule has 0 spiro atoms. The van der Waals surface area contributed by atoms with Crippen LogP contribution >= 0.6 is 0 Å². The Balaban J connectivity index is 1.71. The van der Waals surface area contributed by atoms with Gasteiger partial charge in [-0.15, -0.1) is 0 Å². The van der Waals surface area contributed by atoms with Gasteiger partial charge in [-0.3, -0.25) is 0 Å². The molecule has 0 bridgehead atoms. The predicted molar refractivity (Wildman–Crippen MR) is 99.9 cm³/mol. The number of hydrogen-bond donors (Lipinski definition) is 0. The molecule has 0 unspecified atom stereocenters. The number of piperazine rings is 1. The summed E-state index contributed by atoms with van der Waals surface area (Å²) in [6, 6.07) is 13.0. The molecule has 1 aliphatic rings. The molecule has 1 saturated heterocycles. The zero-order chi connectivity index (χ0) is 18.0. The average Bonchev–Trinajstić information content (AvgIpc) is 2.64. The molecule has 0 atom stereocenters. The summed E-state index contributed by atoms with van der Waals surface area (Å²) in [5, 5.41) is 0. The quantitative estimate of drug-likeness (QED) is 0.841. The van der Waals surface area contributed by atoms with Gasteiger partial charge in [-0.25, -0.2) is 8.42 Å². The highest BCUT2D eigenvalue weighted by molar-refractivity contribution is 7.89. The van der Waals surface area contributed by atoms with E-state index in [0.717, 1.165) is 5.69 Å². The fourth-order valence-corrected chi connectivity index (χ4v) is 4.43. The lowest BCUT2D eigenvalue weighted by atomic mass is 10.1. The number of ether oxygens (including phenoxy) is 1. The Morgan fingerprint density at radius 2 is 1.52 bits per heavy atom. The van der Waals surface area contributed by atoms with Crippen LogP contribution in [0, 0.1) is 13.8 Å². The summed E-state index contributed by atoms with van der Waals surface area (Å²) < 4.78 is 32.2. The molecular formula is C19H24N2O3S. The number of benzene rings is 2. The number of hydrogen-bond acceptors (Lipinski definition) is 4. The van der Waals surface area contributed by atoms with E-state index in [4.69, 9.17) is 4.74 Å². The minimum absolute atomic E-state index is 0.313. The Hall–Kier alpha value is -2.05. The Bertz CT molecular complexity index is 839. The first-order valence-electron chi connectivity index (χ1n) is 8.38. The van der Waals surface area contributed by atoms with Gasteiger partial charge in [-0.1, -0.05) is 6.07 Å². The van der Waals surface area contributed by atoms with Crippen LogP contribution in [0.2, 0.25) is 0 Å². The van der Waals surface area contributed by atoms with Gasteiger partial charge >= 0.3 is 0 Å². The smallest absolute Gasteiger partial charge is 0.243 e. The highest BCUT2D eigenvalue weighted by Crippen LogP contribution is 2.24. The van der Waals surface area contributed by atoms with Gasteiger partial charge in [0.05, 0.1) is 12.0 Å². The molecule has 1 aliphatic heterocycles. The van der Waals surface area contributed by atoms with E-state index in [0.29, 0.717) is 36.8 Å². The normalized spacial score (nSPS) is 16.0. The summed E-state index contributed by atoms with van der Waals surface area (Å²) in [4.78, 5) is 2.56. The number of anilines is 1. The van der Waals surface area contributed by atoms with Crippen LogP contribution in [0.15, 0.2) is 47.4 Å². The van der Waals surface area contributed by atoms with Crippen molar-refractivity contribution >= 4 is 15.7 Å². The van der Waals surface area contributed by atoms with Crippen molar-refractivity contribution in [3.63, 3.8) is 0 Å². The number of sulfonamides is 1. The number of rotatable bonds is 4. The van der Waals surface area contributed by atoms with Crippen LogP contribution in [-0.2, 0) is 10.0 Å². The standard InChI is InChI=1S/C19H24N2O3S/c1-15-4-5-17(14-16(15)2)20-10-12-21(13-11-20)25(22,23)19-8-6-18(24-3)7-9-19/h4-9,14H,10-13H2,1-3H3. The van der Waals surface area contributed by atoms with E-state index in [9.17, 15) is 8.42 Å². The van der Waals surface area contributed by atoms with Crippen LogP contribution < -0.4 is 9.64 Å². The molecule has 1 heterocycles. The molecule has 5 nitrogen and oxygen atoms in total. The zero-order valence-corrected chi connectivity index (χ0v) is 15.7. The molecule has 0 aliphatic carbocycles. The summed E-state index contributed by atoms with van der Waals surface area (Å²) in [5.74, 6) is 0.651. The van der Waals surface area contributed by atoms with Crippen LogP contribution in [-0.4, -0.2) is 46.0 Å². The number of aryl methyl sites for hydroxylation is 2. The monoisotopic (exact) mass is 360 g/mol. The molecule has 0 aromatic heterocycles. The maximum Gasteiger partial charge on any atom is 0.243 e. The van der Waals surface area contributed by atoms with Crippen LogP contribution in [0.1, 0.15) is 11.1 Å². The van der Waals surface area contributed by atoms with E-state index >= 15 is 0 Å². The summed E-state index contributed by atoms with van der Waals surface area (Å²) >= 11 is 0. The molecule has 0 radical (unpaired) electrons. The van der Waals surface area contributed by atoms with Gasteiger partial charge in [0, 0.05) is 31.9 Å². The third-order valence-electron chi connectivity index (χ3n) is 4.79. The molecule has 2 aromatic rings. The van der Waals surface area contributed by atoms with Crippen molar-refractivity contribution in [1.29, 1.82) is 0 Å². The van der Waals surface area contributed by atoms with Gasteiger partial charge in [-0.05, 0) is 61.4 Å². The van der Waals surface area contributed by atoms with Crippen LogP contribution in [0.25, 0.3) is 0 Å². The second kappa shape index (κ2) is 7.06. The topological polar surface area (TPSA) is 49.9 Å². The molecule has 0 saturated carbocycles. The van der Waals surface area contributed by atoms with Gasteiger partial charge in [-0.2, -0.15) is 4.31 Å². The zero-order valence-electron chi connectivity index (χ0n) is 14.9. The third kappa shape index (κ3) is 3.65. The summed E-state index contributed by atoms with van der Waals surface area (Å²) in [6.07, 6.45) is 0. The molecule has 3 rings (SSSR count). The third-order valence-corrected chi connectivity index (χ3v) is 6.70. The van der Waals surface area contributed by atoms with Crippen LogP contribution in [0.5, 0.6) is 5.75 Å². The lowest BCUT2D eigenvalue weighted by molar-refractivity contribution is 0.384. The van der Waals surface area contributed by atoms with Crippen molar-refractivity contribution in [1.82, 2.24) is 4.31 Å². The molecule has 2 aromatic carbocycles. The molecule has 6 heteroatoms. The Morgan fingerprint density at radius 1 is 0.880 bits per heavy atom. The van der Waals surface area contributed by atoms with Crippen molar-refractivity contribution < 1.29 is 13.2 Å². The van der Waals surface area contributed by atoms with Crippen LogP contribution in [0.3, 0.4) is 0 Å². The van der Waals surface area contributed by atoms with E-state index < -0.39 is 10.0 Å². The lowest BCUT2D eigenvalue weighted by Crippen LogP contribution is -2.48. The van der Waals surface area contributed by atoms with Gasteiger partial charge in [0.25, 0.3) is 0 Å². The average molecular weight is 360 g/mol. The molecule has 134 valence electrons. The van der Waals surface area contributed by atoms with Crippen molar-refractivity contribution in [3.8, 4) is 5.75 Å². The highest BCUT2D eigenvalue weighted by atomic mass is 32.2. The molecule has 25 heavy (non-hydrogen) atoms. The Labute approximate surface area is 149 Å². The largest absolute Gasteiger partial charge is 0.497 e. The maximum absolute atomic E-state index is 12.8. The van der Waals surface area contributed by atoms with Gasteiger partial charge in [0.15, 0.2) is 0 Å². The van der Waals surface area contributed by atoms with Gasteiger partial charge in [0.1, 0.15) is 5.75 Å². The molecule has 0 amide bonds. The summed E-state index contributed by atoms with van der Waals surface area (Å²) in [5.41, 5.74) is 3.68. The second-order valence-electron chi connectivity index (χ2n) is 6.34. The van der Waals surface area contributed by atoms with Crippen molar-refractivity contribution in [3.05, 3.63) is 53.6 Å². The first-order valence-corrected chi connectivity index (χ1v) is 9.82. The van der Waals surface area contributed by atoms with E-state index in [1.54, 1.807) is 35.7 Å². The van der Waals surface area contributed by atoms with Gasteiger partial charge in [0.2, 0.25) is 10.0 Å². The first kappa shape index (κ1) is 17.8. The molecule has 0 N–H and O–H groups in total. The minimum atomic E-state index is -3.46. The Kier molecular flexibility index (Phi) is 5.01. The lowest BCUT2D eigenvalue weighted by Gasteiger charge is -2.35. The van der Waals surface area contributed by atoms with Crippen molar-refractivity contribution in [2.24, 2.45) is 0 Å². The molecular weight excluding hydrogens is 336 g/mol. The minimum Gasteiger partial charge on any atom is -0.497 e. The number of methoxy groups -OCH3 is 1. The van der Waals surface area contributed by atoms with Crippen molar-refractivity contribution in [2.75, 3.05) is 38.2 Å². The van der Waals surface area contributed by atoms with E-state index in [1.807, 2.05) is 0 Å². The number of nitrogens with zero attached hydrogens (tertiary/aromatic N) is 2. The fourth-order valence-electron chi connectivity index (χ4n) is 3.01. The Morgan fingerprint density at radius 3 is 2.08 bits per heavy atom. The SMILES string of the molecule is COc1ccc(S(=O)(=O)N2CCN(c3ccc(C)c(C)c3)CC2)cc1.